The van der Waals surface area contributed by atoms with Crippen LogP contribution in [0, 0.1) is 0 Å². The summed E-state index contributed by atoms with van der Waals surface area (Å²) in [6, 6.07) is 7.35. The van der Waals surface area contributed by atoms with Crippen molar-refractivity contribution in [1.82, 2.24) is 0 Å². The van der Waals surface area contributed by atoms with Gasteiger partial charge >= 0.3 is 12.5 Å². The molecule has 0 saturated carbocycles. The summed E-state index contributed by atoms with van der Waals surface area (Å²) >= 11 is 0. The molecule has 2 aromatic rings. The Bertz CT molecular complexity index is 807. The molecule has 8 heteroatoms. The van der Waals surface area contributed by atoms with E-state index in [2.05, 4.69) is 4.74 Å². The molecule has 0 aromatic heterocycles. The summed E-state index contributed by atoms with van der Waals surface area (Å²) in [7, 11) is -2.38. The number of fused-ring (bicyclic) bond motifs is 3. The predicted octanol–water partition coefficient (Wildman–Crippen LogP) is 4.41. The molecule has 1 aliphatic heterocycles. The summed E-state index contributed by atoms with van der Waals surface area (Å²) in [6.07, 6.45) is -9.28. The van der Waals surface area contributed by atoms with Gasteiger partial charge in [-0.25, -0.2) is 0 Å². The van der Waals surface area contributed by atoms with E-state index in [1.807, 2.05) is 13.1 Å². The Balaban J connectivity index is 2.14. The maximum Gasteiger partial charge on any atom is 0.573 e. The molecular weight excluding hydrogens is 350 g/mol. The highest BCUT2D eigenvalue weighted by Crippen LogP contribution is 2.36. The Morgan fingerprint density at radius 1 is 0.792 bits per heavy atom. The third kappa shape index (κ3) is 2.79. The molecule has 0 bridgehead atoms. The first kappa shape index (κ1) is 16.9. The molecule has 1 nitrogen and oxygen atoms in total. The molecular formula is C16H12F6OSi. The molecule has 0 fully saturated rings. The van der Waals surface area contributed by atoms with Crippen LogP contribution in [0.25, 0.3) is 11.1 Å². The average Bonchev–Trinajstić information content (AvgIpc) is 2.64. The lowest BCUT2D eigenvalue weighted by Gasteiger charge is -2.20. The number of halogens is 6. The van der Waals surface area contributed by atoms with Crippen LogP contribution < -0.4 is 15.1 Å². The van der Waals surface area contributed by atoms with Crippen LogP contribution in [-0.4, -0.2) is 14.4 Å². The fourth-order valence-electron chi connectivity index (χ4n) is 3.11. The summed E-state index contributed by atoms with van der Waals surface area (Å²) in [4.78, 5) is 0. The highest BCUT2D eigenvalue weighted by molar-refractivity contribution is 7.03. The second kappa shape index (κ2) is 5.02. The van der Waals surface area contributed by atoms with Crippen LogP contribution in [0.5, 0.6) is 5.75 Å². The van der Waals surface area contributed by atoms with Crippen molar-refractivity contribution < 1.29 is 31.1 Å². The molecule has 0 radical (unpaired) electrons. The van der Waals surface area contributed by atoms with Crippen molar-refractivity contribution >= 4 is 18.4 Å². The minimum absolute atomic E-state index is 0.356. The zero-order valence-corrected chi connectivity index (χ0v) is 13.6. The van der Waals surface area contributed by atoms with Gasteiger partial charge in [0.25, 0.3) is 0 Å². The lowest BCUT2D eigenvalue weighted by Crippen LogP contribution is -2.49. The predicted molar refractivity (Wildman–Crippen MR) is 80.3 cm³/mol. The normalized spacial score (nSPS) is 15.8. The standard InChI is InChI=1S/C16H12F6OSi/c1-24(2)13-6-3-9(15(17,18)19)7-12(13)11-5-4-10(8-14(11)24)23-16(20,21)22/h3-8H,1-2H3. The van der Waals surface area contributed by atoms with Gasteiger partial charge in [0, 0.05) is 0 Å². The van der Waals surface area contributed by atoms with E-state index in [1.165, 1.54) is 18.2 Å². The Hall–Kier alpha value is -1.96. The van der Waals surface area contributed by atoms with Crippen LogP contribution in [0.2, 0.25) is 13.1 Å². The second-order valence-corrected chi connectivity index (χ2v) is 10.5. The number of alkyl halides is 6. The number of hydrogen-bond acceptors (Lipinski definition) is 1. The number of ether oxygens (including phenoxy) is 1. The van der Waals surface area contributed by atoms with Gasteiger partial charge < -0.3 is 4.74 Å². The lowest BCUT2D eigenvalue weighted by molar-refractivity contribution is -0.274. The molecule has 0 spiro atoms. The van der Waals surface area contributed by atoms with E-state index >= 15 is 0 Å². The van der Waals surface area contributed by atoms with Crippen LogP contribution in [0.1, 0.15) is 5.56 Å². The van der Waals surface area contributed by atoms with Gasteiger partial charge in [0.1, 0.15) is 13.8 Å². The SMILES string of the molecule is C[Si]1(C)c2ccc(C(F)(F)F)cc2-c2ccc(OC(F)(F)F)cc21. The van der Waals surface area contributed by atoms with Crippen molar-refractivity contribution in [2.45, 2.75) is 25.6 Å². The van der Waals surface area contributed by atoms with Gasteiger partial charge in [-0.05, 0) is 39.7 Å². The van der Waals surface area contributed by atoms with E-state index in [9.17, 15) is 26.3 Å². The summed E-state index contributed by atoms with van der Waals surface area (Å²) < 4.78 is 80.0. The average molecular weight is 362 g/mol. The maximum atomic E-state index is 12.9. The zero-order valence-electron chi connectivity index (χ0n) is 12.6. The molecule has 24 heavy (non-hydrogen) atoms. The first-order valence-corrected chi connectivity index (χ1v) is 10.0. The molecule has 0 unspecified atom stereocenters. The fraction of sp³-hybridized carbons (Fsp3) is 0.250. The van der Waals surface area contributed by atoms with Crippen molar-refractivity contribution in [2.75, 3.05) is 0 Å². The number of hydrogen-bond donors (Lipinski definition) is 0. The van der Waals surface area contributed by atoms with Gasteiger partial charge in [-0.3, -0.25) is 0 Å². The van der Waals surface area contributed by atoms with Gasteiger partial charge in [-0.2, -0.15) is 13.2 Å². The minimum atomic E-state index is -4.81. The smallest absolute Gasteiger partial charge is 0.406 e. The van der Waals surface area contributed by atoms with E-state index in [0.717, 1.165) is 23.4 Å². The van der Waals surface area contributed by atoms with Gasteiger partial charge in [0.15, 0.2) is 0 Å². The van der Waals surface area contributed by atoms with Gasteiger partial charge in [0.2, 0.25) is 0 Å². The number of benzene rings is 2. The van der Waals surface area contributed by atoms with Gasteiger partial charge in [0.05, 0.1) is 5.56 Å². The Morgan fingerprint density at radius 2 is 1.46 bits per heavy atom. The highest BCUT2D eigenvalue weighted by atomic mass is 28.3. The van der Waals surface area contributed by atoms with E-state index < -0.39 is 26.2 Å². The van der Waals surface area contributed by atoms with Crippen LogP contribution in [0.3, 0.4) is 0 Å². The number of rotatable bonds is 1. The molecule has 0 amide bonds. The quantitative estimate of drug-likeness (QED) is 0.540. The fourth-order valence-corrected chi connectivity index (χ4v) is 6.17. The van der Waals surface area contributed by atoms with Gasteiger partial charge in [-0.15, -0.1) is 13.2 Å². The van der Waals surface area contributed by atoms with Crippen molar-refractivity contribution in [1.29, 1.82) is 0 Å². The summed E-state index contributed by atoms with van der Waals surface area (Å²) in [6.45, 7) is 3.78. The van der Waals surface area contributed by atoms with Crippen molar-refractivity contribution in [3.05, 3.63) is 42.0 Å². The molecule has 0 N–H and O–H groups in total. The molecule has 128 valence electrons. The van der Waals surface area contributed by atoms with Crippen LogP contribution in [-0.2, 0) is 6.18 Å². The van der Waals surface area contributed by atoms with E-state index in [-0.39, 0.29) is 5.75 Å². The van der Waals surface area contributed by atoms with Gasteiger partial charge in [-0.1, -0.05) is 31.3 Å². The van der Waals surface area contributed by atoms with E-state index in [1.54, 1.807) is 0 Å². The molecule has 0 saturated heterocycles. The van der Waals surface area contributed by atoms with Crippen LogP contribution in [0.4, 0.5) is 26.3 Å². The monoisotopic (exact) mass is 362 g/mol. The molecule has 3 rings (SSSR count). The first-order chi connectivity index (χ1) is 10.9. The topological polar surface area (TPSA) is 9.23 Å². The van der Waals surface area contributed by atoms with Crippen molar-refractivity contribution in [2.24, 2.45) is 0 Å². The van der Waals surface area contributed by atoms with Crippen LogP contribution >= 0.6 is 0 Å². The Labute approximate surface area is 134 Å². The summed E-state index contributed by atoms with van der Waals surface area (Å²) in [5.41, 5.74) is 0.215. The van der Waals surface area contributed by atoms with E-state index in [0.29, 0.717) is 16.3 Å². The largest absolute Gasteiger partial charge is 0.573 e. The third-order valence-corrected chi connectivity index (χ3v) is 7.75. The van der Waals surface area contributed by atoms with Crippen LogP contribution in [0.15, 0.2) is 36.4 Å². The summed E-state index contributed by atoms with van der Waals surface area (Å²) in [5.74, 6) is -0.356. The molecule has 0 atom stereocenters. The molecule has 1 aliphatic rings. The maximum absolute atomic E-state index is 12.9. The molecule has 2 aromatic carbocycles. The minimum Gasteiger partial charge on any atom is -0.406 e. The second-order valence-electron chi connectivity index (χ2n) is 6.14. The molecule has 0 aliphatic carbocycles. The Kier molecular flexibility index (Phi) is 3.53. The van der Waals surface area contributed by atoms with E-state index in [4.69, 9.17) is 0 Å². The van der Waals surface area contributed by atoms with Crippen molar-refractivity contribution in [3.63, 3.8) is 0 Å². The zero-order chi connectivity index (χ0) is 17.9. The first-order valence-electron chi connectivity index (χ1n) is 7.02. The summed E-state index contributed by atoms with van der Waals surface area (Å²) in [5, 5.41) is 1.41. The Morgan fingerprint density at radius 3 is 2.04 bits per heavy atom. The highest BCUT2D eigenvalue weighted by Gasteiger charge is 2.41. The third-order valence-electron chi connectivity index (χ3n) is 4.21. The lowest BCUT2D eigenvalue weighted by atomic mass is 10.0. The molecule has 1 heterocycles. The van der Waals surface area contributed by atoms with Crippen molar-refractivity contribution in [3.8, 4) is 16.9 Å².